The summed E-state index contributed by atoms with van der Waals surface area (Å²) in [6.07, 6.45) is 3.17. The van der Waals surface area contributed by atoms with Crippen LogP contribution in [0, 0.1) is 5.21 Å². The molecule has 0 radical (unpaired) electrons. The van der Waals surface area contributed by atoms with E-state index in [2.05, 4.69) is 16.1 Å². The highest BCUT2D eigenvalue weighted by Crippen LogP contribution is 2.47. The van der Waals surface area contributed by atoms with Crippen molar-refractivity contribution in [2.24, 2.45) is 0 Å². The monoisotopic (exact) mass is 235 g/mol. The van der Waals surface area contributed by atoms with Gasteiger partial charge in [0, 0.05) is 12.8 Å². The number of hydrogen-bond acceptors (Lipinski definition) is 1. The first-order valence-corrected chi connectivity index (χ1v) is 5.22. The van der Waals surface area contributed by atoms with Crippen LogP contribution >= 0.6 is 16.1 Å². The van der Waals surface area contributed by atoms with E-state index in [1.165, 1.54) is 0 Å². The number of halogens is 1. The molecule has 0 aromatic carbocycles. The Labute approximate surface area is 83.4 Å². The quantitative estimate of drug-likeness (QED) is 0.467. The molecular weight excluding hydrogens is 218 g/mol. The summed E-state index contributed by atoms with van der Waals surface area (Å²) in [4.78, 5) is 0. The van der Waals surface area contributed by atoms with E-state index in [0.717, 1.165) is 19.3 Å². The Hall–Kier alpha value is 0.400. The Bertz CT molecular complexity index is 169. The van der Waals surface area contributed by atoms with Crippen molar-refractivity contribution in [3.05, 3.63) is 5.21 Å². The number of quaternary nitrogens is 1. The van der Waals surface area contributed by atoms with Gasteiger partial charge in [0.1, 0.15) is 11.1 Å². The maximum Gasteiger partial charge on any atom is 0.229 e. The normalized spacial score (nSPS) is 31.5. The SMILES string of the molecule is CC1(C)CCCC(C)(C)[N+]1([O-])Br. The van der Waals surface area contributed by atoms with Crippen LogP contribution in [0.1, 0.15) is 47.0 Å². The Balaban J connectivity index is 2.99. The number of piperidine rings is 1. The number of nitrogens with zero attached hydrogens (tertiary/aromatic N) is 1. The summed E-state index contributed by atoms with van der Waals surface area (Å²) < 4.78 is -0.285. The highest BCUT2D eigenvalue weighted by Gasteiger charge is 2.50. The maximum absolute atomic E-state index is 12.3. The van der Waals surface area contributed by atoms with Gasteiger partial charge in [-0.3, -0.25) is 3.67 Å². The lowest BCUT2D eigenvalue weighted by Crippen LogP contribution is -2.63. The molecule has 3 heteroatoms. The first kappa shape index (κ1) is 10.5. The summed E-state index contributed by atoms with van der Waals surface area (Å²) in [6.45, 7) is 8.15. The molecule has 1 saturated heterocycles. The second kappa shape index (κ2) is 2.69. The summed E-state index contributed by atoms with van der Waals surface area (Å²) in [6, 6.07) is 0. The molecular formula is C9H18BrNO. The van der Waals surface area contributed by atoms with Gasteiger partial charge in [-0.25, -0.2) is 0 Å². The van der Waals surface area contributed by atoms with Gasteiger partial charge in [-0.05, 0) is 34.1 Å². The summed E-state index contributed by atoms with van der Waals surface area (Å²) in [5.74, 6) is 0. The van der Waals surface area contributed by atoms with E-state index in [1.54, 1.807) is 0 Å². The average molecular weight is 236 g/mol. The molecule has 1 fully saturated rings. The third-order valence-electron chi connectivity index (χ3n) is 3.13. The lowest BCUT2D eigenvalue weighted by molar-refractivity contribution is -0.843. The van der Waals surface area contributed by atoms with Crippen LogP contribution in [0.15, 0.2) is 0 Å². The van der Waals surface area contributed by atoms with Crippen LogP contribution in [0.4, 0.5) is 0 Å². The zero-order chi connectivity index (χ0) is 9.62. The van der Waals surface area contributed by atoms with Gasteiger partial charge in [-0.15, -0.1) is 0 Å². The molecule has 0 N–H and O–H groups in total. The lowest BCUT2D eigenvalue weighted by Gasteiger charge is -2.60. The second-order valence-electron chi connectivity index (χ2n) is 5.01. The molecule has 0 amide bonds. The fraction of sp³-hybridized carbons (Fsp3) is 1.00. The largest absolute Gasteiger partial charge is 0.621 e. The molecule has 0 aromatic heterocycles. The molecule has 1 heterocycles. The molecule has 0 aliphatic carbocycles. The molecule has 0 atom stereocenters. The van der Waals surface area contributed by atoms with Crippen molar-refractivity contribution in [2.75, 3.05) is 0 Å². The van der Waals surface area contributed by atoms with Crippen molar-refractivity contribution >= 4 is 16.1 Å². The molecule has 0 saturated carbocycles. The smallest absolute Gasteiger partial charge is 0.229 e. The van der Waals surface area contributed by atoms with Crippen LogP contribution in [-0.4, -0.2) is 14.8 Å². The van der Waals surface area contributed by atoms with Crippen LogP contribution in [0.25, 0.3) is 0 Å². The molecule has 0 bridgehead atoms. The summed E-state index contributed by atoms with van der Waals surface area (Å²) in [7, 11) is 0. The van der Waals surface area contributed by atoms with Crippen molar-refractivity contribution in [2.45, 2.75) is 58.0 Å². The molecule has 72 valence electrons. The third kappa shape index (κ3) is 1.32. The highest BCUT2D eigenvalue weighted by atomic mass is 79.9. The van der Waals surface area contributed by atoms with E-state index in [9.17, 15) is 5.21 Å². The van der Waals surface area contributed by atoms with E-state index in [1.807, 2.05) is 27.7 Å². The predicted molar refractivity (Wildman–Crippen MR) is 54.6 cm³/mol. The van der Waals surface area contributed by atoms with E-state index in [4.69, 9.17) is 0 Å². The van der Waals surface area contributed by atoms with Gasteiger partial charge in [-0.2, -0.15) is 0 Å². The molecule has 1 rings (SSSR count). The zero-order valence-corrected chi connectivity index (χ0v) is 9.94. The van der Waals surface area contributed by atoms with Crippen molar-refractivity contribution in [1.29, 1.82) is 0 Å². The van der Waals surface area contributed by atoms with Crippen LogP contribution in [0.5, 0.6) is 0 Å². The van der Waals surface area contributed by atoms with Crippen molar-refractivity contribution in [3.63, 3.8) is 0 Å². The van der Waals surface area contributed by atoms with Gasteiger partial charge in [0.2, 0.25) is 16.1 Å². The van der Waals surface area contributed by atoms with Crippen LogP contribution in [0.3, 0.4) is 0 Å². The van der Waals surface area contributed by atoms with E-state index >= 15 is 0 Å². The van der Waals surface area contributed by atoms with Crippen molar-refractivity contribution in [3.8, 4) is 0 Å². The van der Waals surface area contributed by atoms with Gasteiger partial charge < -0.3 is 5.21 Å². The Morgan fingerprint density at radius 3 is 1.67 bits per heavy atom. The Morgan fingerprint density at radius 2 is 1.42 bits per heavy atom. The van der Waals surface area contributed by atoms with Crippen LogP contribution in [-0.2, 0) is 0 Å². The van der Waals surface area contributed by atoms with Gasteiger partial charge in [-0.1, -0.05) is 0 Å². The van der Waals surface area contributed by atoms with E-state index < -0.39 is 0 Å². The summed E-state index contributed by atoms with van der Waals surface area (Å²) in [5, 5.41) is 12.3. The Morgan fingerprint density at radius 1 is 1.08 bits per heavy atom. The molecule has 2 nitrogen and oxygen atoms in total. The van der Waals surface area contributed by atoms with Gasteiger partial charge in [0.25, 0.3) is 0 Å². The van der Waals surface area contributed by atoms with Crippen LogP contribution in [0.2, 0.25) is 0 Å². The van der Waals surface area contributed by atoms with E-state index in [-0.39, 0.29) is 14.8 Å². The standard InChI is InChI=1S/C9H18BrNO/c1-8(2)6-5-7-9(3,4)11(8,10)12/h5-7H2,1-4H3. The molecule has 1 aliphatic rings. The van der Waals surface area contributed by atoms with Crippen LogP contribution < -0.4 is 0 Å². The van der Waals surface area contributed by atoms with E-state index in [0.29, 0.717) is 0 Å². The molecule has 0 spiro atoms. The predicted octanol–water partition coefficient (Wildman–Crippen LogP) is 3.35. The molecule has 12 heavy (non-hydrogen) atoms. The van der Waals surface area contributed by atoms with Gasteiger partial charge >= 0.3 is 0 Å². The van der Waals surface area contributed by atoms with Gasteiger partial charge in [0.15, 0.2) is 0 Å². The fourth-order valence-electron chi connectivity index (χ4n) is 2.06. The fourth-order valence-corrected chi connectivity index (χ4v) is 2.42. The van der Waals surface area contributed by atoms with Gasteiger partial charge in [0.05, 0.1) is 0 Å². The third-order valence-corrected chi connectivity index (χ3v) is 5.05. The molecule has 0 aromatic rings. The lowest BCUT2D eigenvalue weighted by atomic mass is 9.82. The minimum atomic E-state index is -0.285. The maximum atomic E-state index is 12.3. The zero-order valence-electron chi connectivity index (χ0n) is 8.35. The Kier molecular flexibility index (Phi) is 2.35. The topological polar surface area (TPSA) is 23.1 Å². The number of rotatable bonds is 0. The average Bonchev–Trinajstić information content (AvgIpc) is 1.83. The number of hydrogen-bond donors (Lipinski definition) is 0. The number of hydroxylamine groups is 2. The minimum absolute atomic E-state index is 0.193. The first-order valence-electron chi connectivity index (χ1n) is 4.51. The van der Waals surface area contributed by atoms with Crippen molar-refractivity contribution < 1.29 is 3.67 Å². The molecule has 1 aliphatic heterocycles. The second-order valence-corrected chi connectivity index (χ2v) is 6.01. The first-order chi connectivity index (χ1) is 5.21. The summed E-state index contributed by atoms with van der Waals surface area (Å²) >= 11 is 3.32. The van der Waals surface area contributed by atoms with Crippen molar-refractivity contribution in [1.82, 2.24) is 0 Å². The molecule has 0 unspecified atom stereocenters. The highest BCUT2D eigenvalue weighted by molar-refractivity contribution is 9.05. The minimum Gasteiger partial charge on any atom is -0.621 e. The summed E-state index contributed by atoms with van der Waals surface area (Å²) in [5.41, 5.74) is -0.385.